The molecule has 0 aliphatic carbocycles. The summed E-state index contributed by atoms with van der Waals surface area (Å²) in [5, 5.41) is 13.1. The molecule has 0 spiro atoms. The van der Waals surface area contributed by atoms with Crippen LogP contribution in [0.25, 0.3) is 5.69 Å². The molecule has 0 saturated carbocycles. The van der Waals surface area contributed by atoms with Crippen molar-refractivity contribution in [2.24, 2.45) is 0 Å². The molecule has 1 heterocycles. The van der Waals surface area contributed by atoms with Crippen LogP contribution < -0.4 is 0 Å². The third-order valence-electron chi connectivity index (χ3n) is 2.71. The molecule has 92 valence electrons. The molecule has 0 saturated heterocycles. The molecular weight excluding hydrogens is 229 g/mol. The van der Waals surface area contributed by atoms with Gasteiger partial charge in [-0.25, -0.2) is 9.07 Å². The van der Waals surface area contributed by atoms with Gasteiger partial charge in [0.1, 0.15) is 5.82 Å². The molecule has 0 unspecified atom stereocenters. The van der Waals surface area contributed by atoms with Gasteiger partial charge in [-0.1, -0.05) is 13.8 Å². The number of hydrogen-bond acceptors (Lipinski definition) is 2. The van der Waals surface area contributed by atoms with Crippen LogP contribution in [0.4, 0.5) is 4.39 Å². The van der Waals surface area contributed by atoms with Crippen molar-refractivity contribution in [1.82, 2.24) is 9.78 Å². The molecule has 0 aliphatic heterocycles. The number of nitrogens with zero attached hydrogens (tertiary/aromatic N) is 3. The quantitative estimate of drug-likeness (QED) is 0.830. The van der Waals surface area contributed by atoms with E-state index in [1.807, 2.05) is 6.07 Å². The second-order valence-electron chi connectivity index (χ2n) is 4.44. The monoisotopic (exact) mass is 243 g/mol. The first-order chi connectivity index (χ1) is 8.61. The van der Waals surface area contributed by atoms with Gasteiger partial charge in [0.2, 0.25) is 0 Å². The van der Waals surface area contributed by atoms with Crippen molar-refractivity contribution in [2.75, 3.05) is 0 Å². The average Bonchev–Trinajstić information content (AvgIpc) is 2.75. The summed E-state index contributed by atoms with van der Waals surface area (Å²) in [4.78, 5) is 0. The van der Waals surface area contributed by atoms with Crippen LogP contribution in [0.2, 0.25) is 0 Å². The van der Waals surface area contributed by atoms with E-state index in [2.05, 4.69) is 25.0 Å². The Kier molecular flexibility index (Phi) is 3.42. The van der Waals surface area contributed by atoms with Crippen molar-refractivity contribution in [1.29, 1.82) is 5.26 Å². The van der Waals surface area contributed by atoms with E-state index in [4.69, 9.17) is 5.26 Å². The molecule has 0 bridgehead atoms. The lowest BCUT2D eigenvalue weighted by atomic mass is 10.1. The maximum Gasteiger partial charge on any atom is 0.123 e. The summed E-state index contributed by atoms with van der Waals surface area (Å²) >= 11 is 0. The Hall–Kier alpha value is -2.15. The first-order valence-corrected chi connectivity index (χ1v) is 5.83. The fraction of sp³-hybridized carbons (Fsp3) is 0.286. The van der Waals surface area contributed by atoms with E-state index in [-0.39, 0.29) is 18.2 Å². The normalized spacial score (nSPS) is 10.6. The fourth-order valence-electron chi connectivity index (χ4n) is 1.81. The van der Waals surface area contributed by atoms with E-state index in [1.165, 1.54) is 12.1 Å². The zero-order valence-corrected chi connectivity index (χ0v) is 10.4. The first kappa shape index (κ1) is 12.3. The third-order valence-corrected chi connectivity index (χ3v) is 2.71. The summed E-state index contributed by atoms with van der Waals surface area (Å²) in [6.07, 6.45) is 0.286. The van der Waals surface area contributed by atoms with Crippen molar-refractivity contribution < 1.29 is 4.39 Å². The van der Waals surface area contributed by atoms with E-state index < -0.39 is 0 Å². The van der Waals surface area contributed by atoms with Gasteiger partial charge in [-0.2, -0.15) is 10.4 Å². The molecule has 4 heteroatoms. The van der Waals surface area contributed by atoms with Crippen LogP contribution in [-0.4, -0.2) is 9.78 Å². The molecule has 0 fully saturated rings. The molecule has 0 N–H and O–H groups in total. The number of nitriles is 1. The minimum atomic E-state index is -0.269. The van der Waals surface area contributed by atoms with Gasteiger partial charge < -0.3 is 0 Å². The molecular formula is C14H14FN3. The van der Waals surface area contributed by atoms with Crippen LogP contribution in [-0.2, 0) is 6.42 Å². The van der Waals surface area contributed by atoms with Crippen molar-refractivity contribution >= 4 is 0 Å². The molecule has 0 atom stereocenters. The minimum Gasteiger partial charge on any atom is -0.237 e. The second kappa shape index (κ2) is 5.01. The van der Waals surface area contributed by atoms with Gasteiger partial charge in [0.25, 0.3) is 0 Å². The standard InChI is InChI=1S/C14H14FN3/c1-10(2)14-9-12(7-8-16)17-18(14)13-5-3-11(15)4-6-13/h3-6,9-10H,7H2,1-2H3. The molecule has 1 aromatic carbocycles. The van der Waals surface area contributed by atoms with Crippen LogP contribution in [0, 0.1) is 17.1 Å². The van der Waals surface area contributed by atoms with Crippen molar-refractivity contribution in [3.05, 3.63) is 47.5 Å². The molecule has 0 aliphatic rings. The maximum atomic E-state index is 12.9. The summed E-state index contributed by atoms with van der Waals surface area (Å²) in [6.45, 7) is 4.13. The Balaban J connectivity index is 2.48. The lowest BCUT2D eigenvalue weighted by Crippen LogP contribution is -2.03. The van der Waals surface area contributed by atoms with Crippen LogP contribution in [0.1, 0.15) is 31.2 Å². The molecule has 18 heavy (non-hydrogen) atoms. The summed E-state index contributed by atoms with van der Waals surface area (Å²) in [5.41, 5.74) is 2.57. The van der Waals surface area contributed by atoms with Gasteiger partial charge in [-0.05, 0) is 36.2 Å². The zero-order chi connectivity index (χ0) is 13.1. The molecule has 3 nitrogen and oxygen atoms in total. The number of aromatic nitrogens is 2. The van der Waals surface area contributed by atoms with Gasteiger partial charge in [0.05, 0.1) is 23.9 Å². The number of rotatable bonds is 3. The van der Waals surface area contributed by atoms with E-state index in [0.717, 1.165) is 17.1 Å². The largest absolute Gasteiger partial charge is 0.237 e. The van der Waals surface area contributed by atoms with E-state index in [9.17, 15) is 4.39 Å². The van der Waals surface area contributed by atoms with Crippen molar-refractivity contribution in [2.45, 2.75) is 26.2 Å². The Labute approximate surface area is 105 Å². The summed E-state index contributed by atoms with van der Waals surface area (Å²) in [5.74, 6) is 0.0178. The number of halogens is 1. The second-order valence-corrected chi connectivity index (χ2v) is 4.44. The number of benzene rings is 1. The average molecular weight is 243 g/mol. The zero-order valence-electron chi connectivity index (χ0n) is 10.4. The van der Waals surface area contributed by atoms with E-state index >= 15 is 0 Å². The Morgan fingerprint density at radius 1 is 1.33 bits per heavy atom. The van der Waals surface area contributed by atoms with Gasteiger partial charge >= 0.3 is 0 Å². The van der Waals surface area contributed by atoms with Crippen molar-refractivity contribution in [3.8, 4) is 11.8 Å². The van der Waals surface area contributed by atoms with Crippen LogP contribution in [0.3, 0.4) is 0 Å². The fourth-order valence-corrected chi connectivity index (χ4v) is 1.81. The van der Waals surface area contributed by atoms with Gasteiger partial charge in [0.15, 0.2) is 0 Å². The topological polar surface area (TPSA) is 41.6 Å². The molecule has 2 aromatic rings. The highest BCUT2D eigenvalue weighted by atomic mass is 19.1. The van der Waals surface area contributed by atoms with Crippen LogP contribution in [0.15, 0.2) is 30.3 Å². The number of hydrogen-bond donors (Lipinski definition) is 0. The molecule has 2 rings (SSSR count). The lowest BCUT2D eigenvalue weighted by Gasteiger charge is -2.09. The van der Waals surface area contributed by atoms with E-state index in [0.29, 0.717) is 0 Å². The Morgan fingerprint density at radius 3 is 2.56 bits per heavy atom. The minimum absolute atomic E-state index is 0.269. The predicted molar refractivity (Wildman–Crippen MR) is 66.9 cm³/mol. The third kappa shape index (κ3) is 2.40. The molecule has 0 radical (unpaired) electrons. The van der Waals surface area contributed by atoms with Crippen molar-refractivity contribution in [3.63, 3.8) is 0 Å². The highest BCUT2D eigenvalue weighted by molar-refractivity contribution is 5.35. The van der Waals surface area contributed by atoms with E-state index in [1.54, 1.807) is 16.8 Å². The predicted octanol–water partition coefficient (Wildman–Crippen LogP) is 3.20. The van der Waals surface area contributed by atoms with Gasteiger partial charge in [0, 0.05) is 5.69 Å². The maximum absolute atomic E-state index is 12.9. The van der Waals surface area contributed by atoms with Gasteiger partial charge in [-0.3, -0.25) is 0 Å². The highest BCUT2D eigenvalue weighted by Crippen LogP contribution is 2.20. The SMILES string of the molecule is CC(C)c1cc(CC#N)nn1-c1ccc(F)cc1. The Bertz CT molecular complexity index is 576. The Morgan fingerprint density at radius 2 is 2.00 bits per heavy atom. The van der Waals surface area contributed by atoms with Crippen LogP contribution in [0.5, 0.6) is 0 Å². The smallest absolute Gasteiger partial charge is 0.123 e. The summed E-state index contributed by atoms with van der Waals surface area (Å²) in [6, 6.07) is 10.2. The summed E-state index contributed by atoms with van der Waals surface area (Å²) in [7, 11) is 0. The highest BCUT2D eigenvalue weighted by Gasteiger charge is 2.12. The molecule has 0 amide bonds. The first-order valence-electron chi connectivity index (χ1n) is 5.83. The van der Waals surface area contributed by atoms with Gasteiger partial charge in [-0.15, -0.1) is 0 Å². The lowest BCUT2D eigenvalue weighted by molar-refractivity contribution is 0.626. The molecule has 1 aromatic heterocycles. The summed E-state index contributed by atoms with van der Waals surface area (Å²) < 4.78 is 14.7. The van der Waals surface area contributed by atoms with Crippen LogP contribution >= 0.6 is 0 Å².